The van der Waals surface area contributed by atoms with Gasteiger partial charge in [-0.2, -0.15) is 0 Å². The number of alkyl halides is 1. The Kier molecular flexibility index (Phi) is 9.85. The fraction of sp³-hybridized carbons (Fsp3) is 0.526. The first-order chi connectivity index (χ1) is 12.9. The molecule has 0 radical (unpaired) electrons. The van der Waals surface area contributed by atoms with Crippen molar-refractivity contribution in [2.45, 2.75) is 39.2 Å². The first kappa shape index (κ1) is 23.0. The number of amides is 1. The van der Waals surface area contributed by atoms with Crippen LogP contribution in [0.15, 0.2) is 24.3 Å². The van der Waals surface area contributed by atoms with Crippen molar-refractivity contribution in [3.05, 3.63) is 35.4 Å². The molecule has 1 amide bonds. The topological polar surface area (TPSA) is 90.9 Å². The van der Waals surface area contributed by atoms with Crippen LogP contribution < -0.4 is 5.32 Å². The predicted molar refractivity (Wildman–Crippen MR) is 104 cm³/mol. The number of esters is 2. The number of carbonyl (C=O) groups excluding carboxylic acids is 3. The lowest BCUT2D eigenvalue weighted by molar-refractivity contribution is -0.166. The molecule has 150 valence electrons. The molecule has 0 aliphatic rings. The number of benzene rings is 1. The molecule has 0 saturated heterocycles. The van der Waals surface area contributed by atoms with Gasteiger partial charge in [0.1, 0.15) is 0 Å². The summed E-state index contributed by atoms with van der Waals surface area (Å²) in [5, 5.41) is 3.11. The smallest absolute Gasteiger partial charge is 0.408 e. The molecule has 0 heterocycles. The molecule has 27 heavy (non-hydrogen) atoms. The molecular weight excluding hydrogens is 418 g/mol. The van der Waals surface area contributed by atoms with Gasteiger partial charge in [0.25, 0.3) is 0 Å². The second-order valence-corrected chi connectivity index (χ2v) is 6.37. The molecule has 0 atom stereocenters. The monoisotopic (exact) mass is 443 g/mol. The summed E-state index contributed by atoms with van der Waals surface area (Å²) in [6, 6.07) is 7.38. The maximum atomic E-state index is 12.8. The van der Waals surface area contributed by atoms with Gasteiger partial charge in [-0.3, -0.25) is 5.32 Å². The van der Waals surface area contributed by atoms with Crippen molar-refractivity contribution in [1.82, 2.24) is 5.32 Å². The van der Waals surface area contributed by atoms with Crippen molar-refractivity contribution >= 4 is 34.0 Å². The second-order valence-electron chi connectivity index (χ2n) is 5.58. The third-order valence-corrected chi connectivity index (χ3v) is 4.17. The standard InChI is InChI=1S/C19H26BrNO6/c1-4-25-16(22)19(17(23)26-5-2,21-18(24)27-6-3)13-15-10-8-7-9-14(15)11-12-20/h7-10H,4-6,11-13H2,1-3H3,(H,21,24). The number of hydrogen-bond donors (Lipinski definition) is 1. The molecule has 7 nitrogen and oxygen atoms in total. The van der Waals surface area contributed by atoms with Gasteiger partial charge in [0.05, 0.1) is 19.8 Å². The van der Waals surface area contributed by atoms with E-state index in [9.17, 15) is 14.4 Å². The molecule has 1 rings (SSSR count). The lowest BCUT2D eigenvalue weighted by Gasteiger charge is -2.30. The van der Waals surface area contributed by atoms with E-state index in [0.29, 0.717) is 11.8 Å². The Balaban J connectivity index is 3.41. The Labute approximate surface area is 167 Å². The molecule has 1 aromatic carbocycles. The number of carbonyl (C=O) groups is 3. The van der Waals surface area contributed by atoms with E-state index in [2.05, 4.69) is 21.2 Å². The number of alkyl carbamates (subject to hydrolysis) is 1. The molecule has 0 spiro atoms. The molecule has 0 aliphatic heterocycles. The predicted octanol–water partition coefficient (Wildman–Crippen LogP) is 2.78. The van der Waals surface area contributed by atoms with Crippen LogP contribution in [-0.4, -0.2) is 48.7 Å². The van der Waals surface area contributed by atoms with Crippen molar-refractivity contribution in [2.75, 3.05) is 25.2 Å². The minimum absolute atomic E-state index is 0.0491. The fourth-order valence-electron chi connectivity index (χ4n) is 2.59. The first-order valence-corrected chi connectivity index (χ1v) is 9.99. The Morgan fingerprint density at radius 1 is 0.926 bits per heavy atom. The molecule has 1 aromatic rings. The van der Waals surface area contributed by atoms with Crippen LogP contribution in [0.1, 0.15) is 31.9 Å². The number of ether oxygens (including phenoxy) is 3. The summed E-state index contributed by atoms with van der Waals surface area (Å²) in [4.78, 5) is 37.7. The van der Waals surface area contributed by atoms with E-state index in [0.717, 1.165) is 11.1 Å². The van der Waals surface area contributed by atoms with Crippen LogP contribution in [0.3, 0.4) is 0 Å². The van der Waals surface area contributed by atoms with Crippen LogP contribution in [0.5, 0.6) is 0 Å². The largest absolute Gasteiger partial charge is 0.464 e. The fourth-order valence-corrected chi connectivity index (χ4v) is 3.01. The van der Waals surface area contributed by atoms with Crippen LogP contribution in [0.2, 0.25) is 0 Å². The zero-order valence-corrected chi connectivity index (χ0v) is 17.5. The highest BCUT2D eigenvalue weighted by Gasteiger charge is 2.51. The van der Waals surface area contributed by atoms with Gasteiger partial charge in [0.2, 0.25) is 5.54 Å². The van der Waals surface area contributed by atoms with E-state index in [-0.39, 0.29) is 26.2 Å². The van der Waals surface area contributed by atoms with Crippen molar-refractivity contribution in [2.24, 2.45) is 0 Å². The molecule has 0 fully saturated rings. The maximum absolute atomic E-state index is 12.8. The van der Waals surface area contributed by atoms with Gasteiger partial charge < -0.3 is 14.2 Å². The Morgan fingerprint density at radius 2 is 1.44 bits per heavy atom. The third-order valence-electron chi connectivity index (χ3n) is 3.78. The summed E-state index contributed by atoms with van der Waals surface area (Å²) in [6.45, 7) is 5.06. The van der Waals surface area contributed by atoms with Gasteiger partial charge in [-0.1, -0.05) is 40.2 Å². The lowest BCUT2D eigenvalue weighted by Crippen LogP contribution is -2.63. The molecule has 0 aliphatic carbocycles. The van der Waals surface area contributed by atoms with E-state index in [4.69, 9.17) is 14.2 Å². The Morgan fingerprint density at radius 3 is 1.93 bits per heavy atom. The molecular formula is C19H26BrNO6. The quantitative estimate of drug-likeness (QED) is 0.258. The van der Waals surface area contributed by atoms with E-state index >= 15 is 0 Å². The van der Waals surface area contributed by atoms with E-state index in [1.165, 1.54) is 0 Å². The highest BCUT2D eigenvalue weighted by Crippen LogP contribution is 2.22. The minimum Gasteiger partial charge on any atom is -0.464 e. The van der Waals surface area contributed by atoms with E-state index in [1.807, 2.05) is 12.1 Å². The van der Waals surface area contributed by atoms with Gasteiger partial charge >= 0.3 is 18.0 Å². The number of rotatable bonds is 10. The summed E-state index contributed by atoms with van der Waals surface area (Å²) < 4.78 is 15.1. The van der Waals surface area contributed by atoms with Gasteiger partial charge in [0.15, 0.2) is 0 Å². The molecule has 1 N–H and O–H groups in total. The number of hydrogen-bond acceptors (Lipinski definition) is 6. The average molecular weight is 444 g/mol. The summed E-state index contributed by atoms with van der Waals surface area (Å²) >= 11 is 3.40. The highest BCUT2D eigenvalue weighted by molar-refractivity contribution is 9.09. The average Bonchev–Trinajstić information content (AvgIpc) is 2.63. The van der Waals surface area contributed by atoms with Gasteiger partial charge in [-0.25, -0.2) is 14.4 Å². The van der Waals surface area contributed by atoms with Crippen molar-refractivity contribution in [3.63, 3.8) is 0 Å². The van der Waals surface area contributed by atoms with Gasteiger partial charge in [-0.05, 0) is 38.3 Å². The van der Waals surface area contributed by atoms with Crippen LogP contribution in [0.25, 0.3) is 0 Å². The minimum atomic E-state index is -2.03. The van der Waals surface area contributed by atoms with Crippen LogP contribution in [0, 0.1) is 0 Å². The number of nitrogens with one attached hydrogen (secondary N) is 1. The highest BCUT2D eigenvalue weighted by atomic mass is 79.9. The number of aryl methyl sites for hydroxylation is 1. The second kappa shape index (κ2) is 11.6. The Hall–Kier alpha value is -2.09. The third kappa shape index (κ3) is 6.23. The maximum Gasteiger partial charge on any atom is 0.408 e. The molecule has 0 bridgehead atoms. The molecule has 8 heteroatoms. The summed E-state index contributed by atoms with van der Waals surface area (Å²) in [5.41, 5.74) is -0.353. The zero-order valence-electron chi connectivity index (χ0n) is 15.9. The summed E-state index contributed by atoms with van der Waals surface area (Å²) in [7, 11) is 0. The van der Waals surface area contributed by atoms with Gasteiger partial charge in [-0.15, -0.1) is 0 Å². The van der Waals surface area contributed by atoms with Crippen LogP contribution in [-0.2, 0) is 36.6 Å². The molecule has 0 saturated carbocycles. The summed E-state index contributed by atoms with van der Waals surface area (Å²) in [6.07, 6.45) is -0.305. The van der Waals surface area contributed by atoms with Crippen molar-refractivity contribution in [3.8, 4) is 0 Å². The van der Waals surface area contributed by atoms with Crippen molar-refractivity contribution < 1.29 is 28.6 Å². The van der Waals surface area contributed by atoms with Crippen LogP contribution in [0.4, 0.5) is 4.79 Å². The molecule has 0 aromatic heterocycles. The van der Waals surface area contributed by atoms with Gasteiger partial charge in [0, 0.05) is 11.8 Å². The first-order valence-electron chi connectivity index (χ1n) is 8.87. The van der Waals surface area contributed by atoms with E-state index < -0.39 is 23.6 Å². The van der Waals surface area contributed by atoms with Crippen molar-refractivity contribution in [1.29, 1.82) is 0 Å². The SMILES string of the molecule is CCOC(=O)NC(Cc1ccccc1CCBr)(C(=O)OCC)C(=O)OCC. The zero-order chi connectivity index (χ0) is 20.3. The van der Waals surface area contributed by atoms with Crippen LogP contribution >= 0.6 is 15.9 Å². The molecule has 0 unspecified atom stereocenters. The lowest BCUT2D eigenvalue weighted by atomic mass is 9.87. The normalized spacial score (nSPS) is 10.8. The van der Waals surface area contributed by atoms with E-state index in [1.54, 1.807) is 32.9 Å². The Bertz CT molecular complexity index is 631. The number of halogens is 1. The summed E-state index contributed by atoms with van der Waals surface area (Å²) in [5.74, 6) is -1.77.